The number of nitrogens with two attached hydrogens (primary N) is 1. The molecule has 1 aromatic rings. The van der Waals surface area contributed by atoms with Crippen LogP contribution in [-0.4, -0.2) is 24.0 Å². The van der Waals surface area contributed by atoms with Crippen molar-refractivity contribution in [3.05, 3.63) is 35.1 Å². The van der Waals surface area contributed by atoms with Gasteiger partial charge in [0.2, 0.25) is 0 Å². The molecular weight excluding hydrogens is 286 g/mol. The van der Waals surface area contributed by atoms with Crippen molar-refractivity contribution in [1.82, 2.24) is 4.90 Å². The zero-order chi connectivity index (χ0) is 11.8. The van der Waals surface area contributed by atoms with E-state index in [9.17, 15) is 4.39 Å². The highest BCUT2D eigenvalue weighted by atomic mass is 35.5. The first kappa shape index (κ1) is 16.7. The van der Waals surface area contributed by atoms with Gasteiger partial charge in [0.15, 0.2) is 0 Å². The number of aryl methyl sites for hydroxylation is 1. The highest BCUT2D eigenvalue weighted by Gasteiger charge is 2.30. The Labute approximate surface area is 126 Å². The number of likely N-dealkylation sites (tertiary alicyclic amines) is 1. The van der Waals surface area contributed by atoms with Gasteiger partial charge in [-0.25, -0.2) is 4.39 Å². The van der Waals surface area contributed by atoms with E-state index in [4.69, 9.17) is 5.73 Å². The Bertz CT molecular complexity index is 420. The third kappa shape index (κ3) is 3.40. The van der Waals surface area contributed by atoms with Gasteiger partial charge < -0.3 is 5.73 Å². The summed E-state index contributed by atoms with van der Waals surface area (Å²) in [6.45, 7) is 2.17. The van der Waals surface area contributed by atoms with Gasteiger partial charge in [0.1, 0.15) is 5.82 Å². The number of hydrogen-bond acceptors (Lipinski definition) is 2. The second-order valence-corrected chi connectivity index (χ2v) is 5.27. The van der Waals surface area contributed by atoms with E-state index in [-0.39, 0.29) is 30.6 Å². The van der Waals surface area contributed by atoms with E-state index in [2.05, 4.69) is 4.90 Å². The fourth-order valence-corrected chi connectivity index (χ4v) is 3.17. The van der Waals surface area contributed by atoms with E-state index in [1.165, 1.54) is 11.1 Å². The summed E-state index contributed by atoms with van der Waals surface area (Å²) in [4.78, 5) is 2.52. The third-order valence-corrected chi connectivity index (χ3v) is 4.17. The summed E-state index contributed by atoms with van der Waals surface area (Å²) in [6.07, 6.45) is 4.33. The molecule has 1 unspecified atom stereocenters. The molecule has 19 heavy (non-hydrogen) atoms. The summed E-state index contributed by atoms with van der Waals surface area (Å²) in [5.41, 5.74) is 8.47. The van der Waals surface area contributed by atoms with Gasteiger partial charge in [0.05, 0.1) is 0 Å². The van der Waals surface area contributed by atoms with Crippen LogP contribution in [0.5, 0.6) is 0 Å². The lowest BCUT2D eigenvalue weighted by atomic mass is 10.0. The molecule has 5 heteroatoms. The summed E-state index contributed by atoms with van der Waals surface area (Å²) in [5.74, 6) is -0.106. The number of benzene rings is 1. The van der Waals surface area contributed by atoms with Crippen LogP contribution in [0.1, 0.15) is 36.4 Å². The molecule has 2 aliphatic rings. The van der Waals surface area contributed by atoms with Crippen molar-refractivity contribution in [3.8, 4) is 0 Å². The summed E-state index contributed by atoms with van der Waals surface area (Å²) in [7, 11) is 0. The monoisotopic (exact) mass is 306 g/mol. The Morgan fingerprint density at radius 3 is 2.47 bits per heavy atom. The molecule has 1 fully saturated rings. The molecule has 0 spiro atoms. The van der Waals surface area contributed by atoms with Crippen LogP contribution in [0.2, 0.25) is 0 Å². The highest BCUT2D eigenvalue weighted by molar-refractivity contribution is 5.85. The van der Waals surface area contributed by atoms with Crippen LogP contribution in [-0.2, 0) is 6.42 Å². The van der Waals surface area contributed by atoms with Gasteiger partial charge in [-0.1, -0.05) is 6.07 Å². The number of rotatable bonds is 1. The molecule has 1 aliphatic carbocycles. The Kier molecular flexibility index (Phi) is 6.06. The van der Waals surface area contributed by atoms with Crippen LogP contribution >= 0.6 is 24.8 Å². The van der Waals surface area contributed by atoms with Gasteiger partial charge in [-0.2, -0.15) is 0 Å². The van der Waals surface area contributed by atoms with E-state index >= 15 is 0 Å². The van der Waals surface area contributed by atoms with Crippen molar-refractivity contribution in [2.24, 2.45) is 5.73 Å². The predicted molar refractivity (Wildman–Crippen MR) is 80.7 cm³/mol. The predicted octanol–water partition coefficient (Wildman–Crippen LogP) is 3.08. The van der Waals surface area contributed by atoms with E-state index in [0.717, 1.165) is 38.8 Å². The minimum atomic E-state index is -0.106. The second kappa shape index (κ2) is 6.89. The molecule has 1 aliphatic heterocycles. The minimum Gasteiger partial charge on any atom is -0.328 e. The van der Waals surface area contributed by atoms with E-state index in [0.29, 0.717) is 12.1 Å². The molecule has 1 saturated heterocycles. The van der Waals surface area contributed by atoms with E-state index < -0.39 is 0 Å². The second-order valence-electron chi connectivity index (χ2n) is 5.27. The quantitative estimate of drug-likeness (QED) is 0.864. The fourth-order valence-electron chi connectivity index (χ4n) is 3.17. The zero-order valence-corrected chi connectivity index (χ0v) is 12.5. The molecule has 1 atom stereocenters. The fraction of sp³-hybridized carbons (Fsp3) is 0.571. The van der Waals surface area contributed by atoms with Crippen molar-refractivity contribution < 1.29 is 4.39 Å². The SMILES string of the molecule is Cl.Cl.NC1CCN(C2CCc3cc(F)ccc32)CC1. The summed E-state index contributed by atoms with van der Waals surface area (Å²) in [5, 5.41) is 0. The molecule has 0 saturated carbocycles. The molecular formula is C14H21Cl2FN2. The lowest BCUT2D eigenvalue weighted by molar-refractivity contribution is 0.153. The smallest absolute Gasteiger partial charge is 0.123 e. The molecule has 2 N–H and O–H groups in total. The molecule has 0 bridgehead atoms. The molecule has 1 aromatic carbocycles. The van der Waals surface area contributed by atoms with Crippen LogP contribution < -0.4 is 5.73 Å². The average Bonchev–Trinajstić information content (AvgIpc) is 2.73. The van der Waals surface area contributed by atoms with Gasteiger partial charge in [-0.15, -0.1) is 24.8 Å². The molecule has 2 nitrogen and oxygen atoms in total. The highest BCUT2D eigenvalue weighted by Crippen LogP contribution is 2.37. The van der Waals surface area contributed by atoms with Gasteiger partial charge in [0.25, 0.3) is 0 Å². The molecule has 0 aromatic heterocycles. The number of hydrogen-bond donors (Lipinski definition) is 1. The maximum absolute atomic E-state index is 13.2. The van der Waals surface area contributed by atoms with Crippen molar-refractivity contribution >= 4 is 24.8 Å². The van der Waals surface area contributed by atoms with Crippen molar-refractivity contribution in [2.75, 3.05) is 13.1 Å². The maximum atomic E-state index is 13.2. The molecule has 3 rings (SSSR count). The number of fused-ring (bicyclic) bond motifs is 1. The lowest BCUT2D eigenvalue weighted by Gasteiger charge is -2.35. The first-order chi connectivity index (χ1) is 8.24. The van der Waals surface area contributed by atoms with Crippen molar-refractivity contribution in [2.45, 2.75) is 37.8 Å². The summed E-state index contributed by atoms with van der Waals surface area (Å²) >= 11 is 0. The Morgan fingerprint density at radius 2 is 1.79 bits per heavy atom. The van der Waals surface area contributed by atoms with E-state index in [1.807, 2.05) is 6.07 Å². The van der Waals surface area contributed by atoms with Gasteiger partial charge >= 0.3 is 0 Å². The molecule has 0 amide bonds. The van der Waals surface area contributed by atoms with E-state index in [1.54, 1.807) is 12.1 Å². The Morgan fingerprint density at radius 1 is 1.11 bits per heavy atom. The molecule has 0 radical (unpaired) electrons. The number of nitrogens with zero attached hydrogens (tertiary/aromatic N) is 1. The lowest BCUT2D eigenvalue weighted by Crippen LogP contribution is -2.41. The maximum Gasteiger partial charge on any atom is 0.123 e. The zero-order valence-electron chi connectivity index (χ0n) is 10.8. The number of halogens is 3. The first-order valence-electron chi connectivity index (χ1n) is 6.52. The van der Waals surface area contributed by atoms with Crippen LogP contribution in [0.25, 0.3) is 0 Å². The average molecular weight is 307 g/mol. The molecule has 1 heterocycles. The third-order valence-electron chi connectivity index (χ3n) is 4.17. The van der Waals surface area contributed by atoms with Crippen LogP contribution in [0, 0.1) is 5.82 Å². The summed E-state index contributed by atoms with van der Waals surface area (Å²) in [6, 6.07) is 6.13. The van der Waals surface area contributed by atoms with Gasteiger partial charge in [-0.3, -0.25) is 4.90 Å². The van der Waals surface area contributed by atoms with Gasteiger partial charge in [0, 0.05) is 25.2 Å². The topological polar surface area (TPSA) is 29.3 Å². The molecule has 108 valence electrons. The van der Waals surface area contributed by atoms with Crippen LogP contribution in [0.15, 0.2) is 18.2 Å². The Balaban J connectivity index is 0.000000902. The van der Waals surface area contributed by atoms with Crippen LogP contribution in [0.3, 0.4) is 0 Å². The largest absolute Gasteiger partial charge is 0.328 e. The normalized spacial score (nSPS) is 23.4. The van der Waals surface area contributed by atoms with Gasteiger partial charge in [-0.05, 0) is 48.9 Å². The van der Waals surface area contributed by atoms with Crippen molar-refractivity contribution in [3.63, 3.8) is 0 Å². The standard InChI is InChI=1S/C14H19FN2.2ClH/c15-11-2-3-13-10(9-11)1-4-14(13)17-7-5-12(16)6-8-17;;/h2-3,9,12,14H,1,4-8,16H2;2*1H. The summed E-state index contributed by atoms with van der Waals surface area (Å²) < 4.78 is 13.2. The number of piperidine rings is 1. The Hall–Kier alpha value is -0.350. The first-order valence-corrected chi connectivity index (χ1v) is 6.52. The van der Waals surface area contributed by atoms with Crippen LogP contribution in [0.4, 0.5) is 4.39 Å². The van der Waals surface area contributed by atoms with Crippen molar-refractivity contribution in [1.29, 1.82) is 0 Å². The minimum absolute atomic E-state index is 0.